The molecule has 7 nitrogen and oxygen atoms in total. The lowest BCUT2D eigenvalue weighted by atomic mass is 9.79. The molecule has 1 unspecified atom stereocenters. The molecule has 3 heterocycles. The van der Waals surface area contributed by atoms with E-state index in [0.29, 0.717) is 10.4 Å². The van der Waals surface area contributed by atoms with Crippen LogP contribution in [0, 0.1) is 5.41 Å². The van der Waals surface area contributed by atoms with E-state index in [1.54, 1.807) is 23.9 Å². The molecule has 1 atom stereocenters. The second kappa shape index (κ2) is 7.73. The van der Waals surface area contributed by atoms with Crippen LogP contribution in [0.1, 0.15) is 70.7 Å². The second-order valence-electron chi connectivity index (χ2n) is 9.92. The molecular formula is C25H26N6OS. The molecule has 4 aromatic rings. The fraction of sp³-hybridized carbons (Fsp3) is 0.400. The summed E-state index contributed by atoms with van der Waals surface area (Å²) >= 11 is 1.57. The molecule has 0 fully saturated rings. The van der Waals surface area contributed by atoms with Crippen LogP contribution in [0.25, 0.3) is 22.3 Å². The van der Waals surface area contributed by atoms with Crippen LogP contribution in [0.15, 0.2) is 30.7 Å². The molecule has 0 radical (unpaired) electrons. The number of aryl methyl sites for hydroxylation is 2. The summed E-state index contributed by atoms with van der Waals surface area (Å²) < 4.78 is 0. The Morgan fingerprint density at radius 3 is 3.06 bits per heavy atom. The maximum absolute atomic E-state index is 13.1. The summed E-state index contributed by atoms with van der Waals surface area (Å²) in [6, 6.07) is 6.43. The molecule has 2 aliphatic rings. The molecule has 33 heavy (non-hydrogen) atoms. The molecule has 1 amide bonds. The molecule has 0 aliphatic heterocycles. The number of carbonyl (C=O) groups is 1. The number of amides is 1. The highest BCUT2D eigenvalue weighted by Crippen LogP contribution is 2.38. The Balaban J connectivity index is 1.26. The first kappa shape index (κ1) is 20.5. The third kappa shape index (κ3) is 3.72. The molecule has 3 aromatic heterocycles. The first-order valence-corrected chi connectivity index (χ1v) is 12.4. The highest BCUT2D eigenvalue weighted by Gasteiger charge is 2.30. The number of nitrogens with one attached hydrogen (secondary N) is 2. The number of hydrogen-bond acceptors (Lipinski definition) is 6. The highest BCUT2D eigenvalue weighted by atomic mass is 32.1. The van der Waals surface area contributed by atoms with Gasteiger partial charge in [0.1, 0.15) is 6.33 Å². The van der Waals surface area contributed by atoms with Crippen molar-refractivity contribution in [2.45, 2.75) is 58.4 Å². The first-order valence-electron chi connectivity index (χ1n) is 11.5. The fourth-order valence-corrected chi connectivity index (χ4v) is 6.39. The summed E-state index contributed by atoms with van der Waals surface area (Å²) in [6.07, 6.45) is 9.40. The van der Waals surface area contributed by atoms with Gasteiger partial charge < -0.3 is 5.32 Å². The summed E-state index contributed by atoms with van der Waals surface area (Å²) in [5.41, 5.74) is 6.52. The molecule has 0 saturated heterocycles. The van der Waals surface area contributed by atoms with Crippen molar-refractivity contribution in [3.63, 3.8) is 0 Å². The molecule has 0 saturated carbocycles. The number of H-pyrrole nitrogens is 1. The Morgan fingerprint density at radius 1 is 1.24 bits per heavy atom. The van der Waals surface area contributed by atoms with Gasteiger partial charge in [0, 0.05) is 10.4 Å². The molecule has 2 aliphatic carbocycles. The summed E-state index contributed by atoms with van der Waals surface area (Å²) in [6.45, 7) is 4.59. The Morgan fingerprint density at radius 2 is 2.15 bits per heavy atom. The number of nitrogens with zero attached hydrogens (tertiary/aromatic N) is 4. The van der Waals surface area contributed by atoms with Gasteiger partial charge in [-0.25, -0.2) is 15.0 Å². The molecule has 6 rings (SSSR count). The van der Waals surface area contributed by atoms with Crippen molar-refractivity contribution < 1.29 is 4.79 Å². The van der Waals surface area contributed by atoms with Crippen molar-refractivity contribution in [1.82, 2.24) is 30.5 Å². The van der Waals surface area contributed by atoms with Gasteiger partial charge >= 0.3 is 0 Å². The average molecular weight is 459 g/mol. The van der Waals surface area contributed by atoms with Crippen LogP contribution in [-0.2, 0) is 19.3 Å². The van der Waals surface area contributed by atoms with Crippen molar-refractivity contribution in [2.75, 3.05) is 0 Å². The number of aromatic amines is 1. The molecule has 0 spiro atoms. The largest absolute Gasteiger partial charge is 0.343 e. The monoisotopic (exact) mass is 458 g/mol. The average Bonchev–Trinajstić information content (AvgIpc) is 3.44. The number of carbonyl (C=O) groups excluding carboxylic acids is 1. The molecule has 2 N–H and O–H groups in total. The van der Waals surface area contributed by atoms with Crippen LogP contribution in [0.4, 0.5) is 0 Å². The van der Waals surface area contributed by atoms with Gasteiger partial charge in [-0.1, -0.05) is 26.0 Å². The van der Waals surface area contributed by atoms with Gasteiger partial charge in [-0.15, -0.1) is 11.3 Å². The van der Waals surface area contributed by atoms with Gasteiger partial charge in [0.2, 0.25) is 0 Å². The summed E-state index contributed by atoms with van der Waals surface area (Å²) in [5.74, 6) is -0.0509. The number of thiazole rings is 1. The van der Waals surface area contributed by atoms with Crippen LogP contribution in [0.2, 0.25) is 0 Å². The summed E-state index contributed by atoms with van der Waals surface area (Å²) in [7, 11) is 0. The minimum Gasteiger partial charge on any atom is -0.343 e. The Labute approximate surface area is 196 Å². The second-order valence-corrected chi connectivity index (χ2v) is 11.0. The predicted octanol–water partition coefficient (Wildman–Crippen LogP) is 4.80. The molecular weight excluding hydrogens is 432 g/mol. The zero-order valence-electron chi connectivity index (χ0n) is 18.8. The Hall–Kier alpha value is -3.13. The fourth-order valence-electron chi connectivity index (χ4n) is 5.12. The van der Waals surface area contributed by atoms with E-state index < -0.39 is 0 Å². The lowest BCUT2D eigenvalue weighted by Crippen LogP contribution is -2.31. The van der Waals surface area contributed by atoms with Gasteiger partial charge in [-0.2, -0.15) is 5.10 Å². The van der Waals surface area contributed by atoms with Crippen molar-refractivity contribution in [2.24, 2.45) is 5.41 Å². The smallest absolute Gasteiger partial charge is 0.280 e. The lowest BCUT2D eigenvalue weighted by Gasteiger charge is -2.28. The van der Waals surface area contributed by atoms with Gasteiger partial charge in [0.05, 0.1) is 29.0 Å². The zero-order valence-corrected chi connectivity index (χ0v) is 19.6. The van der Waals surface area contributed by atoms with Crippen LogP contribution >= 0.6 is 11.3 Å². The van der Waals surface area contributed by atoms with E-state index in [2.05, 4.69) is 57.5 Å². The van der Waals surface area contributed by atoms with Gasteiger partial charge in [0.25, 0.3) is 5.91 Å². The number of fused-ring (bicyclic) bond motifs is 3. The lowest BCUT2D eigenvalue weighted by molar-refractivity contribution is 0.0932. The van der Waals surface area contributed by atoms with Crippen molar-refractivity contribution in [1.29, 1.82) is 0 Å². The minimum absolute atomic E-state index is 0.00649. The van der Waals surface area contributed by atoms with E-state index in [1.807, 2.05) is 0 Å². The van der Waals surface area contributed by atoms with E-state index in [0.717, 1.165) is 66.5 Å². The quantitative estimate of drug-likeness (QED) is 0.460. The first-order chi connectivity index (χ1) is 16.0. The Kier molecular flexibility index (Phi) is 4.79. The van der Waals surface area contributed by atoms with Crippen molar-refractivity contribution >= 4 is 28.3 Å². The normalized spacial score (nSPS) is 19.2. The van der Waals surface area contributed by atoms with E-state index in [-0.39, 0.29) is 11.9 Å². The summed E-state index contributed by atoms with van der Waals surface area (Å²) in [4.78, 5) is 27.8. The molecule has 168 valence electrons. The predicted molar refractivity (Wildman–Crippen MR) is 128 cm³/mol. The maximum Gasteiger partial charge on any atom is 0.280 e. The highest BCUT2D eigenvalue weighted by molar-refractivity contribution is 7.13. The van der Waals surface area contributed by atoms with E-state index in [1.165, 1.54) is 16.0 Å². The van der Waals surface area contributed by atoms with Crippen molar-refractivity contribution in [3.05, 3.63) is 57.4 Å². The van der Waals surface area contributed by atoms with Crippen LogP contribution < -0.4 is 5.32 Å². The third-order valence-electron chi connectivity index (χ3n) is 6.93. The number of benzene rings is 1. The SMILES string of the molecule is CC1(C)CCc2nc(C(=O)NC3CCCc4cc(-c5ncnc6[nH]ncc56)ccc43)sc2C1. The number of rotatable bonds is 3. The topological polar surface area (TPSA) is 96.5 Å². The Bertz CT molecular complexity index is 1370. The van der Waals surface area contributed by atoms with Gasteiger partial charge in [-0.05, 0) is 61.1 Å². The molecule has 8 heteroatoms. The summed E-state index contributed by atoms with van der Waals surface area (Å²) in [5, 5.41) is 11.8. The van der Waals surface area contributed by atoms with E-state index in [9.17, 15) is 4.79 Å². The van der Waals surface area contributed by atoms with E-state index >= 15 is 0 Å². The molecule has 0 bridgehead atoms. The standard InChI is InChI=1S/C25H26N6OS/c1-25(2)9-8-19-20(11-25)33-24(30-19)23(32)29-18-5-3-4-14-10-15(6-7-16(14)18)21-17-12-28-31-22(17)27-13-26-21/h6-7,10,12-13,18H,3-5,8-9,11H2,1-2H3,(H,29,32)(H,26,27,28,31). The number of aromatic nitrogens is 5. The van der Waals surface area contributed by atoms with Crippen LogP contribution in [0.5, 0.6) is 0 Å². The zero-order chi connectivity index (χ0) is 22.6. The van der Waals surface area contributed by atoms with Gasteiger partial charge in [-0.3, -0.25) is 9.89 Å². The molecule has 1 aromatic carbocycles. The maximum atomic E-state index is 13.1. The minimum atomic E-state index is -0.0509. The van der Waals surface area contributed by atoms with Gasteiger partial charge in [0.15, 0.2) is 10.7 Å². The van der Waals surface area contributed by atoms with Crippen molar-refractivity contribution in [3.8, 4) is 11.3 Å². The number of hydrogen-bond donors (Lipinski definition) is 2. The third-order valence-corrected chi connectivity index (χ3v) is 8.03. The van der Waals surface area contributed by atoms with Crippen LogP contribution in [0.3, 0.4) is 0 Å². The van der Waals surface area contributed by atoms with Crippen LogP contribution in [-0.4, -0.2) is 31.1 Å². The van der Waals surface area contributed by atoms with E-state index in [4.69, 9.17) is 4.98 Å².